The van der Waals surface area contributed by atoms with E-state index in [9.17, 15) is 19.2 Å². The zero-order valence-electron chi connectivity index (χ0n) is 38.0. The summed E-state index contributed by atoms with van der Waals surface area (Å²) in [6.07, 6.45) is 8.50. The van der Waals surface area contributed by atoms with Crippen molar-refractivity contribution in [3.05, 3.63) is 71.6 Å². The van der Waals surface area contributed by atoms with Gasteiger partial charge in [-0.05, 0) is 105 Å². The highest BCUT2D eigenvalue weighted by Gasteiger charge is 2.38. The molecule has 4 heterocycles. The molecule has 6 atom stereocenters. The van der Waals surface area contributed by atoms with Crippen LogP contribution in [0, 0.1) is 11.8 Å². The smallest absolute Gasteiger partial charge is 0.407 e. The summed E-state index contributed by atoms with van der Waals surface area (Å²) < 4.78 is 21.3. The van der Waals surface area contributed by atoms with Crippen molar-refractivity contribution in [2.75, 3.05) is 40.5 Å². The van der Waals surface area contributed by atoms with E-state index >= 15 is 0 Å². The Morgan fingerprint density at radius 2 is 1.14 bits per heavy atom. The molecule has 0 radical (unpaired) electrons. The summed E-state index contributed by atoms with van der Waals surface area (Å²) in [5, 5.41) is 5.64. The Labute approximate surface area is 375 Å². The van der Waals surface area contributed by atoms with Gasteiger partial charge in [-0.3, -0.25) is 9.59 Å². The molecule has 64 heavy (non-hydrogen) atoms. The average Bonchev–Trinajstić information content (AvgIpc) is 3.97. The fourth-order valence-electron chi connectivity index (χ4n) is 9.49. The van der Waals surface area contributed by atoms with Crippen LogP contribution in [-0.4, -0.2) is 119 Å². The lowest BCUT2D eigenvalue weighted by atomic mass is 9.79. The number of nitrogens with zero attached hydrogens (tertiary/aromatic N) is 4. The number of imidazole rings is 2. The van der Waals surface area contributed by atoms with Crippen molar-refractivity contribution < 1.29 is 38.1 Å². The van der Waals surface area contributed by atoms with E-state index in [-0.39, 0.29) is 48.9 Å². The van der Waals surface area contributed by atoms with Crippen LogP contribution >= 0.6 is 0 Å². The second kappa shape index (κ2) is 21.3. The van der Waals surface area contributed by atoms with Gasteiger partial charge in [-0.25, -0.2) is 19.6 Å². The van der Waals surface area contributed by atoms with Gasteiger partial charge in [0.25, 0.3) is 0 Å². The SMILES string of the molecule is CCCN(Cc1ncc(-c2ccc(-c3ccc(-c4cnc(CN(CCC)C(=O)[C@@H](NC(=O)OC)C5CCO[C@H](C)C5)[nH]4)c4c3CC4)cc2)[nH]1)C(=O)[C@@H](NC(=O)OC)C1CCO[C@H](C)C1. The molecule has 2 aromatic heterocycles. The molecular weight excluding hydrogens is 817 g/mol. The highest BCUT2D eigenvalue weighted by molar-refractivity contribution is 5.87. The first kappa shape index (κ1) is 46.3. The predicted molar refractivity (Wildman–Crippen MR) is 241 cm³/mol. The van der Waals surface area contributed by atoms with Gasteiger partial charge in [0.1, 0.15) is 23.7 Å². The molecule has 16 heteroatoms. The van der Waals surface area contributed by atoms with Crippen molar-refractivity contribution in [2.45, 2.75) is 116 Å². The normalized spacial score (nSPS) is 20.2. The highest BCUT2D eigenvalue weighted by atomic mass is 16.5. The van der Waals surface area contributed by atoms with Crippen molar-refractivity contribution in [1.82, 2.24) is 40.4 Å². The number of carbonyl (C=O) groups excluding carboxylic acids is 4. The summed E-state index contributed by atoms with van der Waals surface area (Å²) in [6.45, 7) is 10.7. The molecule has 2 fully saturated rings. The van der Waals surface area contributed by atoms with Gasteiger partial charge in [0, 0.05) is 31.9 Å². The Kier molecular flexibility index (Phi) is 15.4. The zero-order chi connectivity index (χ0) is 45.3. The fraction of sp³-hybridized carbons (Fsp3) is 0.542. The van der Waals surface area contributed by atoms with Crippen LogP contribution in [-0.2, 0) is 54.5 Å². The monoisotopic (exact) mass is 880 g/mol. The molecule has 0 bridgehead atoms. The van der Waals surface area contributed by atoms with Gasteiger partial charge in [-0.2, -0.15) is 0 Å². The number of ether oxygens (including phenoxy) is 4. The Morgan fingerprint density at radius 3 is 1.61 bits per heavy atom. The Balaban J connectivity index is 1.02. The summed E-state index contributed by atoms with van der Waals surface area (Å²) in [5.74, 6) is 0.897. The molecule has 4 N–H and O–H groups in total. The van der Waals surface area contributed by atoms with Crippen LogP contribution < -0.4 is 10.6 Å². The molecule has 7 rings (SSSR count). The summed E-state index contributed by atoms with van der Waals surface area (Å²) in [4.78, 5) is 72.7. The van der Waals surface area contributed by atoms with Crippen LogP contribution in [0.4, 0.5) is 9.59 Å². The zero-order valence-corrected chi connectivity index (χ0v) is 38.0. The maximum absolute atomic E-state index is 14.1. The molecular formula is C48H64N8O8. The lowest BCUT2D eigenvalue weighted by molar-refractivity contribution is -0.137. The molecule has 2 aliphatic heterocycles. The van der Waals surface area contributed by atoms with Gasteiger partial charge in [-0.15, -0.1) is 0 Å². The van der Waals surface area contributed by atoms with E-state index in [0.29, 0.717) is 63.6 Å². The van der Waals surface area contributed by atoms with Crippen molar-refractivity contribution in [2.24, 2.45) is 11.8 Å². The molecule has 4 aromatic rings. The minimum atomic E-state index is -0.724. The van der Waals surface area contributed by atoms with E-state index in [1.54, 1.807) is 16.0 Å². The first-order valence-corrected chi connectivity index (χ1v) is 22.8. The summed E-state index contributed by atoms with van der Waals surface area (Å²) in [7, 11) is 2.61. The van der Waals surface area contributed by atoms with Crippen LogP contribution in [0.3, 0.4) is 0 Å². The van der Waals surface area contributed by atoms with E-state index in [1.807, 2.05) is 33.9 Å². The molecule has 2 saturated heterocycles. The predicted octanol–water partition coefficient (Wildman–Crippen LogP) is 6.79. The molecule has 0 saturated carbocycles. The molecule has 4 amide bonds. The molecule has 2 aromatic carbocycles. The lowest BCUT2D eigenvalue weighted by Crippen LogP contribution is -2.53. The largest absolute Gasteiger partial charge is 0.453 e. The van der Waals surface area contributed by atoms with E-state index < -0.39 is 24.3 Å². The second-order valence-electron chi connectivity index (χ2n) is 17.4. The third-order valence-electron chi connectivity index (χ3n) is 12.8. The molecule has 3 aliphatic rings. The maximum Gasteiger partial charge on any atom is 0.407 e. The lowest BCUT2D eigenvalue weighted by Gasteiger charge is -2.35. The Hall–Kier alpha value is -5.74. The number of aromatic amines is 2. The number of H-pyrrole nitrogens is 2. The van der Waals surface area contributed by atoms with Crippen molar-refractivity contribution in [1.29, 1.82) is 0 Å². The van der Waals surface area contributed by atoms with Crippen molar-refractivity contribution >= 4 is 24.0 Å². The first-order chi connectivity index (χ1) is 31.0. The van der Waals surface area contributed by atoms with Gasteiger partial charge in [0.2, 0.25) is 11.8 Å². The number of methoxy groups -OCH3 is 2. The minimum absolute atomic E-state index is 0.000219. The van der Waals surface area contributed by atoms with Gasteiger partial charge >= 0.3 is 12.2 Å². The third kappa shape index (κ3) is 10.8. The highest BCUT2D eigenvalue weighted by Crippen LogP contribution is 2.40. The Morgan fingerprint density at radius 1 is 0.688 bits per heavy atom. The number of rotatable bonds is 17. The number of fused-ring (bicyclic) bond motifs is 1. The summed E-state index contributed by atoms with van der Waals surface area (Å²) in [6, 6.07) is 11.3. The number of amides is 4. The minimum Gasteiger partial charge on any atom is -0.453 e. The number of alkyl carbamates (subject to hydrolysis) is 2. The maximum atomic E-state index is 14.1. The van der Waals surface area contributed by atoms with E-state index in [0.717, 1.165) is 53.8 Å². The molecule has 344 valence electrons. The van der Waals surface area contributed by atoms with Gasteiger partial charge in [0.05, 0.1) is 63.3 Å². The topological polar surface area (TPSA) is 193 Å². The van der Waals surface area contributed by atoms with Crippen molar-refractivity contribution in [3.8, 4) is 33.6 Å². The number of hydrogen-bond donors (Lipinski definition) is 4. The molecule has 1 aliphatic carbocycles. The number of aromatic nitrogens is 4. The van der Waals surface area contributed by atoms with Crippen LogP contribution in [0.2, 0.25) is 0 Å². The van der Waals surface area contributed by atoms with Crippen LogP contribution in [0.1, 0.15) is 89.0 Å². The van der Waals surface area contributed by atoms with Crippen molar-refractivity contribution in [3.63, 3.8) is 0 Å². The van der Waals surface area contributed by atoms with Crippen LogP contribution in [0.15, 0.2) is 48.8 Å². The quantitative estimate of drug-likeness (QED) is 0.0878. The molecule has 0 spiro atoms. The average molecular weight is 881 g/mol. The van der Waals surface area contributed by atoms with Crippen LogP contribution in [0.25, 0.3) is 33.6 Å². The second-order valence-corrected chi connectivity index (χ2v) is 17.4. The standard InChI is InChI=1S/C48H64N8O8/c1-7-19-55(45(57)43(53-47(59)61-5)33-17-21-63-29(3)23-33)27-41-49-25-39(51-41)32-11-9-31(10-12-32)35-13-16-38(37-15-14-36(35)37)40-26-50-42(52-40)28-56(20-8-2)46(58)44(54-48(60)62-6)34-18-22-64-30(4)24-34/h9-13,16,25-26,29-30,33-34,43-44H,7-8,14-15,17-24,27-28H2,1-6H3,(H,49,51)(H,50,52)(H,53,59)(H,54,60)/t29-,30-,33?,34?,43+,44+/m1/s1. The van der Waals surface area contributed by atoms with E-state index in [1.165, 1.54) is 30.9 Å². The number of benzene rings is 2. The van der Waals surface area contributed by atoms with Crippen LogP contribution in [0.5, 0.6) is 0 Å². The van der Waals surface area contributed by atoms with Gasteiger partial charge < -0.3 is 49.3 Å². The summed E-state index contributed by atoms with van der Waals surface area (Å²) in [5.41, 5.74) is 8.73. The van der Waals surface area contributed by atoms with Gasteiger partial charge in [0.15, 0.2) is 0 Å². The number of hydrogen-bond acceptors (Lipinski definition) is 10. The Bertz CT molecular complexity index is 2240. The number of nitrogens with one attached hydrogen (secondary N) is 4. The third-order valence-corrected chi connectivity index (χ3v) is 12.8. The van der Waals surface area contributed by atoms with Gasteiger partial charge in [-0.1, -0.05) is 50.2 Å². The van der Waals surface area contributed by atoms with E-state index in [2.05, 4.69) is 62.0 Å². The van der Waals surface area contributed by atoms with E-state index in [4.69, 9.17) is 23.9 Å². The fourth-order valence-corrected chi connectivity index (χ4v) is 9.49. The first-order valence-electron chi connectivity index (χ1n) is 22.8. The molecule has 2 unspecified atom stereocenters. The summed E-state index contributed by atoms with van der Waals surface area (Å²) >= 11 is 0. The number of carbonyl (C=O) groups is 4. The molecule has 16 nitrogen and oxygen atoms in total.